The lowest BCUT2D eigenvalue weighted by atomic mass is 10.2. The molecule has 5 heteroatoms. The summed E-state index contributed by atoms with van der Waals surface area (Å²) in [4.78, 5) is 23.2. The van der Waals surface area contributed by atoms with Crippen LogP contribution < -0.4 is 10.6 Å². The molecule has 1 rings (SSSR count). The molecule has 1 aromatic rings. The Hall–Kier alpha value is -2.04. The Morgan fingerprint density at radius 2 is 1.94 bits per heavy atom. The molecule has 0 saturated heterocycles. The van der Waals surface area contributed by atoms with Crippen molar-refractivity contribution in [3.63, 3.8) is 0 Å². The summed E-state index contributed by atoms with van der Waals surface area (Å²) in [5, 5.41) is 8.78. The van der Waals surface area contributed by atoms with Gasteiger partial charge in [0, 0.05) is 5.69 Å². The van der Waals surface area contributed by atoms with Gasteiger partial charge >= 0.3 is 5.97 Å². The molecule has 16 heavy (non-hydrogen) atoms. The van der Waals surface area contributed by atoms with Crippen molar-refractivity contribution in [3.8, 4) is 0 Å². The van der Waals surface area contributed by atoms with Crippen molar-refractivity contribution in [1.29, 1.82) is 0 Å². The smallest absolute Gasteiger partial charge is 0.323 e. The van der Waals surface area contributed by atoms with Crippen LogP contribution in [0.1, 0.15) is 6.92 Å². The van der Waals surface area contributed by atoms with Crippen LogP contribution in [0.25, 0.3) is 0 Å². The molecule has 0 bridgehead atoms. The third-order valence-corrected chi connectivity index (χ3v) is 2.27. The van der Waals surface area contributed by atoms with Crippen molar-refractivity contribution in [2.45, 2.75) is 13.0 Å². The molecule has 1 amide bonds. The molecular formula is C11H14N2O3. The van der Waals surface area contributed by atoms with Crippen molar-refractivity contribution < 1.29 is 14.7 Å². The zero-order chi connectivity index (χ0) is 12.1. The molecule has 86 valence electrons. The van der Waals surface area contributed by atoms with Crippen LogP contribution in [-0.2, 0) is 9.59 Å². The first-order valence-electron chi connectivity index (χ1n) is 4.85. The third-order valence-electron chi connectivity index (χ3n) is 2.27. The van der Waals surface area contributed by atoms with E-state index in [4.69, 9.17) is 10.8 Å². The number of carbonyl (C=O) groups is 2. The van der Waals surface area contributed by atoms with E-state index in [9.17, 15) is 9.59 Å². The minimum atomic E-state index is -1.00. The first-order chi connectivity index (χ1) is 7.52. The number of benzene rings is 1. The monoisotopic (exact) mass is 222 g/mol. The summed E-state index contributed by atoms with van der Waals surface area (Å²) < 4.78 is 0. The summed E-state index contributed by atoms with van der Waals surface area (Å²) in [6.07, 6.45) is 0. The maximum atomic E-state index is 11.1. The summed E-state index contributed by atoms with van der Waals surface area (Å²) in [5.41, 5.74) is 5.84. The van der Waals surface area contributed by atoms with Crippen LogP contribution in [-0.4, -0.2) is 29.6 Å². The molecule has 0 aliphatic rings. The Labute approximate surface area is 93.5 Å². The fourth-order valence-electron chi connectivity index (χ4n) is 1.37. The van der Waals surface area contributed by atoms with Crippen LogP contribution in [0.4, 0.5) is 5.69 Å². The molecule has 3 N–H and O–H groups in total. The number of amides is 1. The summed E-state index contributed by atoms with van der Waals surface area (Å²) in [5.74, 6) is -1.55. The molecule has 1 atom stereocenters. The topological polar surface area (TPSA) is 83.6 Å². The molecule has 1 aromatic carbocycles. The normalized spacial score (nSPS) is 11.8. The second kappa shape index (κ2) is 5.16. The quantitative estimate of drug-likeness (QED) is 0.757. The van der Waals surface area contributed by atoms with Crippen LogP contribution in [0.3, 0.4) is 0 Å². The number of nitrogens with two attached hydrogens (primary N) is 1. The van der Waals surface area contributed by atoms with Crippen molar-refractivity contribution in [2.24, 2.45) is 5.73 Å². The number of para-hydroxylation sites is 1. The van der Waals surface area contributed by atoms with Crippen molar-refractivity contribution >= 4 is 17.6 Å². The zero-order valence-corrected chi connectivity index (χ0v) is 8.96. The molecule has 0 heterocycles. The fraction of sp³-hybridized carbons (Fsp3) is 0.273. The van der Waals surface area contributed by atoms with Gasteiger partial charge in [-0.05, 0) is 19.1 Å². The van der Waals surface area contributed by atoms with Gasteiger partial charge in [0.1, 0.15) is 12.6 Å². The van der Waals surface area contributed by atoms with Crippen molar-refractivity contribution in [2.75, 3.05) is 11.4 Å². The lowest BCUT2D eigenvalue weighted by Gasteiger charge is -2.27. The predicted molar refractivity (Wildman–Crippen MR) is 60.1 cm³/mol. The van der Waals surface area contributed by atoms with Crippen molar-refractivity contribution in [3.05, 3.63) is 30.3 Å². The van der Waals surface area contributed by atoms with E-state index in [1.807, 2.05) is 6.07 Å². The molecular weight excluding hydrogens is 208 g/mol. The second-order valence-electron chi connectivity index (χ2n) is 3.44. The molecule has 0 spiro atoms. The minimum Gasteiger partial charge on any atom is -0.480 e. The van der Waals surface area contributed by atoms with Gasteiger partial charge in [0.05, 0.1) is 0 Å². The maximum Gasteiger partial charge on any atom is 0.323 e. The van der Waals surface area contributed by atoms with E-state index in [1.54, 1.807) is 31.2 Å². The number of anilines is 1. The molecule has 0 aliphatic carbocycles. The molecule has 0 aromatic heterocycles. The van der Waals surface area contributed by atoms with E-state index in [0.717, 1.165) is 0 Å². The standard InChI is InChI=1S/C11H14N2O3/c1-8(11(12)16)13(7-10(14)15)9-5-3-2-4-6-9/h2-6,8H,7H2,1H3,(H2,12,16)(H,14,15). The summed E-state index contributed by atoms with van der Waals surface area (Å²) >= 11 is 0. The Balaban J connectivity index is 2.96. The summed E-state index contributed by atoms with van der Waals surface area (Å²) in [7, 11) is 0. The Kier molecular flexibility index (Phi) is 3.88. The largest absolute Gasteiger partial charge is 0.480 e. The summed E-state index contributed by atoms with van der Waals surface area (Å²) in [6.45, 7) is 1.33. The SMILES string of the molecule is CC(C(N)=O)N(CC(=O)O)c1ccccc1. The first-order valence-corrected chi connectivity index (χ1v) is 4.85. The summed E-state index contributed by atoms with van der Waals surface area (Å²) in [6, 6.07) is 8.19. The number of carbonyl (C=O) groups excluding carboxylic acids is 1. The Morgan fingerprint density at radius 1 is 1.38 bits per heavy atom. The number of rotatable bonds is 5. The van der Waals surface area contributed by atoms with Crippen LogP contribution in [0.5, 0.6) is 0 Å². The van der Waals surface area contributed by atoms with Crippen LogP contribution in [0.15, 0.2) is 30.3 Å². The fourth-order valence-corrected chi connectivity index (χ4v) is 1.37. The van der Waals surface area contributed by atoms with Gasteiger partial charge in [-0.1, -0.05) is 18.2 Å². The number of carboxylic acid groups (broad SMARTS) is 1. The molecule has 0 fully saturated rings. The highest BCUT2D eigenvalue weighted by molar-refractivity contribution is 5.85. The lowest BCUT2D eigenvalue weighted by Crippen LogP contribution is -2.45. The van der Waals surface area contributed by atoms with Gasteiger partial charge in [-0.3, -0.25) is 9.59 Å². The van der Waals surface area contributed by atoms with Gasteiger partial charge in [-0.15, -0.1) is 0 Å². The molecule has 5 nitrogen and oxygen atoms in total. The number of aliphatic carboxylic acids is 1. The van der Waals surface area contributed by atoms with E-state index < -0.39 is 17.9 Å². The number of hydrogen-bond donors (Lipinski definition) is 2. The van der Waals surface area contributed by atoms with Crippen molar-refractivity contribution in [1.82, 2.24) is 0 Å². The predicted octanol–water partition coefficient (Wildman–Crippen LogP) is 0.451. The van der Waals surface area contributed by atoms with E-state index in [2.05, 4.69) is 0 Å². The van der Waals surface area contributed by atoms with E-state index in [-0.39, 0.29) is 6.54 Å². The first kappa shape index (κ1) is 12.0. The van der Waals surface area contributed by atoms with E-state index in [0.29, 0.717) is 5.69 Å². The number of hydrogen-bond acceptors (Lipinski definition) is 3. The number of primary amides is 1. The molecule has 0 aliphatic heterocycles. The second-order valence-corrected chi connectivity index (χ2v) is 3.44. The van der Waals surface area contributed by atoms with E-state index in [1.165, 1.54) is 4.90 Å². The van der Waals surface area contributed by atoms with Crippen LogP contribution in [0.2, 0.25) is 0 Å². The average Bonchev–Trinajstić information content (AvgIpc) is 2.26. The van der Waals surface area contributed by atoms with Gasteiger partial charge < -0.3 is 15.7 Å². The molecule has 1 unspecified atom stereocenters. The molecule has 0 saturated carbocycles. The van der Waals surface area contributed by atoms with Gasteiger partial charge in [-0.2, -0.15) is 0 Å². The highest BCUT2D eigenvalue weighted by Crippen LogP contribution is 2.15. The van der Waals surface area contributed by atoms with Gasteiger partial charge in [0.2, 0.25) is 5.91 Å². The zero-order valence-electron chi connectivity index (χ0n) is 8.96. The highest BCUT2D eigenvalue weighted by atomic mass is 16.4. The minimum absolute atomic E-state index is 0.256. The third kappa shape index (κ3) is 2.98. The highest BCUT2D eigenvalue weighted by Gasteiger charge is 2.21. The van der Waals surface area contributed by atoms with Gasteiger partial charge in [-0.25, -0.2) is 0 Å². The Morgan fingerprint density at radius 3 is 2.38 bits per heavy atom. The van der Waals surface area contributed by atoms with Gasteiger partial charge in [0.25, 0.3) is 0 Å². The number of carboxylic acids is 1. The molecule has 0 radical (unpaired) electrons. The van der Waals surface area contributed by atoms with Crippen LogP contribution in [0, 0.1) is 0 Å². The Bertz CT molecular complexity index is 378. The van der Waals surface area contributed by atoms with E-state index >= 15 is 0 Å². The van der Waals surface area contributed by atoms with Crippen LogP contribution >= 0.6 is 0 Å². The van der Waals surface area contributed by atoms with Gasteiger partial charge in [0.15, 0.2) is 0 Å². The lowest BCUT2D eigenvalue weighted by molar-refractivity contribution is -0.135. The maximum absolute atomic E-state index is 11.1. The average molecular weight is 222 g/mol. The number of nitrogens with zero attached hydrogens (tertiary/aromatic N) is 1.